The lowest BCUT2D eigenvalue weighted by Gasteiger charge is -2.26. The SMILES string of the molecule is C[C@H]1CCC(=O)NC(Cc2ccccc2)CNCCC[C@@](C)(O)C1. The molecule has 3 N–H and O–H groups in total. The first kappa shape index (κ1) is 18.9. The maximum absolute atomic E-state index is 12.3. The van der Waals surface area contributed by atoms with Crippen molar-refractivity contribution in [2.45, 2.75) is 64.0 Å². The van der Waals surface area contributed by atoms with Gasteiger partial charge in [-0.3, -0.25) is 4.79 Å². The Bertz CT molecular complexity index is 502. The molecule has 4 heteroatoms. The van der Waals surface area contributed by atoms with E-state index in [0.29, 0.717) is 12.3 Å². The van der Waals surface area contributed by atoms with Crippen LogP contribution < -0.4 is 10.6 Å². The Labute approximate surface area is 146 Å². The highest BCUT2D eigenvalue weighted by Gasteiger charge is 2.24. The maximum atomic E-state index is 12.3. The summed E-state index contributed by atoms with van der Waals surface area (Å²) in [5, 5.41) is 17.1. The van der Waals surface area contributed by atoms with Crippen LogP contribution in [0.1, 0.15) is 51.5 Å². The van der Waals surface area contributed by atoms with Gasteiger partial charge in [0.05, 0.1) is 5.60 Å². The second-order valence-corrected chi connectivity index (χ2v) is 7.61. The summed E-state index contributed by atoms with van der Waals surface area (Å²) >= 11 is 0. The number of carbonyl (C=O) groups excluding carboxylic acids is 1. The van der Waals surface area contributed by atoms with Crippen LogP contribution in [0.4, 0.5) is 0 Å². The summed E-state index contributed by atoms with van der Waals surface area (Å²) in [4.78, 5) is 12.3. The van der Waals surface area contributed by atoms with E-state index in [-0.39, 0.29) is 11.9 Å². The van der Waals surface area contributed by atoms with Gasteiger partial charge in [-0.2, -0.15) is 0 Å². The number of nitrogens with one attached hydrogen (secondary N) is 2. The lowest BCUT2D eigenvalue weighted by atomic mass is 9.87. The van der Waals surface area contributed by atoms with Crippen molar-refractivity contribution in [2.75, 3.05) is 13.1 Å². The van der Waals surface area contributed by atoms with Gasteiger partial charge in [0.15, 0.2) is 0 Å². The fourth-order valence-electron chi connectivity index (χ4n) is 3.58. The molecule has 1 amide bonds. The zero-order valence-electron chi connectivity index (χ0n) is 15.1. The maximum Gasteiger partial charge on any atom is 0.220 e. The quantitative estimate of drug-likeness (QED) is 0.780. The van der Waals surface area contributed by atoms with Crippen LogP contribution in [0.5, 0.6) is 0 Å². The average molecular weight is 332 g/mol. The van der Waals surface area contributed by atoms with Crippen LogP contribution in [0.15, 0.2) is 30.3 Å². The third-order valence-electron chi connectivity index (χ3n) is 4.80. The molecular weight excluding hydrogens is 300 g/mol. The van der Waals surface area contributed by atoms with Crippen LogP contribution in [-0.2, 0) is 11.2 Å². The van der Waals surface area contributed by atoms with Gasteiger partial charge in [-0.15, -0.1) is 0 Å². The molecule has 1 unspecified atom stereocenters. The van der Waals surface area contributed by atoms with Gasteiger partial charge in [-0.25, -0.2) is 0 Å². The number of amides is 1. The molecule has 1 heterocycles. The molecular formula is C20H32N2O2. The predicted octanol–water partition coefficient (Wildman–Crippen LogP) is 2.65. The first-order chi connectivity index (χ1) is 11.4. The van der Waals surface area contributed by atoms with Crippen LogP contribution in [0.2, 0.25) is 0 Å². The van der Waals surface area contributed by atoms with E-state index in [1.807, 2.05) is 25.1 Å². The number of rotatable bonds is 2. The molecule has 134 valence electrons. The molecule has 1 aliphatic rings. The molecule has 3 atom stereocenters. The van der Waals surface area contributed by atoms with E-state index in [1.165, 1.54) is 5.56 Å². The minimum absolute atomic E-state index is 0.108. The second-order valence-electron chi connectivity index (χ2n) is 7.61. The molecule has 0 spiro atoms. The summed E-state index contributed by atoms with van der Waals surface area (Å²) in [7, 11) is 0. The highest BCUT2D eigenvalue weighted by Crippen LogP contribution is 2.24. The van der Waals surface area contributed by atoms with Crippen LogP contribution in [0.3, 0.4) is 0 Å². The molecule has 24 heavy (non-hydrogen) atoms. The van der Waals surface area contributed by atoms with Gasteiger partial charge in [0.1, 0.15) is 0 Å². The summed E-state index contributed by atoms with van der Waals surface area (Å²) in [5.74, 6) is 0.468. The van der Waals surface area contributed by atoms with Crippen molar-refractivity contribution in [1.29, 1.82) is 0 Å². The van der Waals surface area contributed by atoms with Crippen molar-refractivity contribution in [3.63, 3.8) is 0 Å². The first-order valence-electron chi connectivity index (χ1n) is 9.21. The summed E-state index contributed by atoms with van der Waals surface area (Å²) in [6.45, 7) is 5.67. The highest BCUT2D eigenvalue weighted by atomic mass is 16.3. The number of benzene rings is 1. The van der Waals surface area contributed by atoms with E-state index in [4.69, 9.17) is 0 Å². The number of hydrogen-bond acceptors (Lipinski definition) is 3. The van der Waals surface area contributed by atoms with E-state index < -0.39 is 5.60 Å². The van der Waals surface area contributed by atoms with Gasteiger partial charge in [0, 0.05) is 19.0 Å². The molecule has 0 aromatic heterocycles. The number of hydrogen-bond donors (Lipinski definition) is 3. The monoisotopic (exact) mass is 332 g/mol. The Morgan fingerprint density at radius 2 is 2.04 bits per heavy atom. The fourth-order valence-corrected chi connectivity index (χ4v) is 3.58. The molecule has 0 bridgehead atoms. The van der Waals surface area contributed by atoms with Crippen molar-refractivity contribution >= 4 is 5.91 Å². The lowest BCUT2D eigenvalue weighted by molar-refractivity contribution is -0.122. The first-order valence-corrected chi connectivity index (χ1v) is 9.21. The third kappa shape index (κ3) is 7.02. The van der Waals surface area contributed by atoms with Crippen molar-refractivity contribution in [3.05, 3.63) is 35.9 Å². The van der Waals surface area contributed by atoms with Crippen LogP contribution in [-0.4, -0.2) is 35.7 Å². The molecule has 0 saturated carbocycles. The molecule has 0 radical (unpaired) electrons. The third-order valence-corrected chi connectivity index (χ3v) is 4.80. The molecule has 1 aliphatic heterocycles. The molecule has 1 aromatic rings. The molecule has 1 fully saturated rings. The Hall–Kier alpha value is -1.39. The Balaban J connectivity index is 1.97. The van der Waals surface area contributed by atoms with Crippen LogP contribution >= 0.6 is 0 Å². The molecule has 0 aliphatic carbocycles. The standard InChI is InChI=1S/C20H32N2O2/c1-16-9-10-19(23)22-18(13-17-7-4-3-5-8-17)15-21-12-6-11-20(2,24)14-16/h3-5,7-8,16,18,21,24H,6,9-15H2,1-2H3,(H,22,23)/t16-,18?,20+/m0/s1. The van der Waals surface area contributed by atoms with Crippen molar-refractivity contribution in [2.24, 2.45) is 5.92 Å². The predicted molar refractivity (Wildman–Crippen MR) is 97.8 cm³/mol. The average Bonchev–Trinajstić information content (AvgIpc) is 2.53. The van der Waals surface area contributed by atoms with Gasteiger partial charge < -0.3 is 15.7 Å². The van der Waals surface area contributed by atoms with Crippen LogP contribution in [0.25, 0.3) is 0 Å². The highest BCUT2D eigenvalue weighted by molar-refractivity contribution is 5.76. The van der Waals surface area contributed by atoms with Gasteiger partial charge in [-0.05, 0) is 57.1 Å². The molecule has 1 saturated heterocycles. The normalized spacial score (nSPS) is 30.5. The summed E-state index contributed by atoms with van der Waals surface area (Å²) in [5.41, 5.74) is 0.611. The fraction of sp³-hybridized carbons (Fsp3) is 0.650. The topological polar surface area (TPSA) is 61.4 Å². The van der Waals surface area contributed by atoms with Gasteiger partial charge in [0.25, 0.3) is 0 Å². The minimum atomic E-state index is -0.630. The molecule has 2 rings (SSSR count). The van der Waals surface area contributed by atoms with Crippen molar-refractivity contribution in [1.82, 2.24) is 10.6 Å². The molecule has 1 aromatic carbocycles. The Morgan fingerprint density at radius 1 is 1.29 bits per heavy atom. The zero-order chi connectivity index (χ0) is 17.4. The van der Waals surface area contributed by atoms with Crippen LogP contribution in [0, 0.1) is 5.92 Å². The Morgan fingerprint density at radius 3 is 2.79 bits per heavy atom. The second kappa shape index (κ2) is 9.19. The largest absolute Gasteiger partial charge is 0.390 e. The smallest absolute Gasteiger partial charge is 0.220 e. The van der Waals surface area contributed by atoms with E-state index in [2.05, 4.69) is 29.7 Å². The zero-order valence-corrected chi connectivity index (χ0v) is 15.1. The Kier molecular flexibility index (Phi) is 7.25. The van der Waals surface area contributed by atoms with Gasteiger partial charge in [0.2, 0.25) is 5.91 Å². The van der Waals surface area contributed by atoms with Gasteiger partial charge in [-0.1, -0.05) is 37.3 Å². The van der Waals surface area contributed by atoms with Gasteiger partial charge >= 0.3 is 0 Å². The number of carbonyl (C=O) groups is 1. The molecule has 4 nitrogen and oxygen atoms in total. The summed E-state index contributed by atoms with van der Waals surface area (Å²) in [6.07, 6.45) is 4.71. The van der Waals surface area contributed by atoms with E-state index in [1.54, 1.807) is 0 Å². The van der Waals surface area contributed by atoms with E-state index in [9.17, 15) is 9.90 Å². The summed E-state index contributed by atoms with van der Waals surface area (Å²) < 4.78 is 0. The van der Waals surface area contributed by atoms with Crippen molar-refractivity contribution < 1.29 is 9.90 Å². The minimum Gasteiger partial charge on any atom is -0.390 e. The lowest BCUT2D eigenvalue weighted by Crippen LogP contribution is -2.43. The van der Waals surface area contributed by atoms with E-state index in [0.717, 1.165) is 45.2 Å². The summed E-state index contributed by atoms with van der Waals surface area (Å²) in [6, 6.07) is 10.4. The van der Waals surface area contributed by atoms with Crippen molar-refractivity contribution in [3.8, 4) is 0 Å². The number of aliphatic hydroxyl groups is 1. The van der Waals surface area contributed by atoms with E-state index >= 15 is 0 Å².